The number of rotatable bonds is 12. The van der Waals surface area contributed by atoms with Crippen molar-refractivity contribution in [1.29, 1.82) is 0 Å². The summed E-state index contributed by atoms with van der Waals surface area (Å²) in [6.45, 7) is -0.0963. The smallest absolute Gasteiger partial charge is 0.249 e. The van der Waals surface area contributed by atoms with Crippen molar-refractivity contribution in [3.05, 3.63) is 352 Å². The molecule has 0 N–H and O–H groups in total. The Morgan fingerprint density at radius 2 is 0.500 bits per heavy atom. The Morgan fingerprint density at radius 1 is 0.220 bits per heavy atom. The molecule has 466 valence electrons. The van der Waals surface area contributed by atoms with E-state index >= 15 is 0 Å². The van der Waals surface area contributed by atoms with Gasteiger partial charge in [0, 0.05) is 132 Å². The van der Waals surface area contributed by atoms with E-state index in [9.17, 15) is 0 Å². The summed E-state index contributed by atoms with van der Waals surface area (Å²) < 4.78 is 5.31. The van der Waals surface area contributed by atoms with E-state index in [1.54, 1.807) is 0 Å². The van der Waals surface area contributed by atoms with Gasteiger partial charge in [0.1, 0.15) is 0 Å². The van der Waals surface area contributed by atoms with Gasteiger partial charge in [0.15, 0.2) is 0 Å². The molecule has 6 heterocycles. The molecule has 4 aliphatic heterocycles. The number of hydrogen-bond donors (Lipinski definition) is 0. The standard InChI is InChI=1S/C90H58B2N6S2/c1-9-27-59(28-10-1)93(60-29-11-2-12-30-60)67-47-49-73-81(55-67)99-83-57-69(95(63-35-17-5-18-36-63)64-37-19-6-20-38-64)53-79-87(83)91(73)75-45-25-43-71-85-77(97(79)89(71)75)51-52-78-86(85)72-44-26-46-76-90(72)98(78)80-54-70(96(65-39-21-7-22-40-65)66-41-23-8-24-42-66)58-84-88(80)92(76)74-50-48-68(56-82(74)100-84)94(61-31-13-3-14-32-61)62-33-15-4-16-34-62/h1-58H. The summed E-state index contributed by atoms with van der Waals surface area (Å²) in [7, 11) is 0. The van der Waals surface area contributed by atoms with Gasteiger partial charge in [-0.25, -0.2) is 0 Å². The molecule has 0 amide bonds. The first-order valence-electron chi connectivity index (χ1n) is 34.3. The summed E-state index contributed by atoms with van der Waals surface area (Å²) in [6, 6.07) is 130. The largest absolute Gasteiger partial charge is 0.310 e. The Hall–Kier alpha value is -12.1. The van der Waals surface area contributed by atoms with Crippen molar-refractivity contribution in [2.24, 2.45) is 0 Å². The Bertz CT molecular complexity index is 5590. The van der Waals surface area contributed by atoms with E-state index in [4.69, 9.17) is 0 Å². The highest BCUT2D eigenvalue weighted by atomic mass is 32.2. The molecule has 0 atom stereocenters. The topological polar surface area (TPSA) is 22.8 Å². The Labute approximate surface area is 589 Å². The molecule has 100 heavy (non-hydrogen) atoms. The van der Waals surface area contributed by atoms with Gasteiger partial charge in [0.05, 0.1) is 11.0 Å². The fourth-order valence-corrected chi connectivity index (χ4v) is 19.3. The van der Waals surface area contributed by atoms with Crippen molar-refractivity contribution in [1.82, 2.24) is 9.13 Å². The molecule has 0 saturated carbocycles. The molecule has 0 spiro atoms. The highest BCUT2D eigenvalue weighted by Crippen LogP contribution is 2.51. The second-order valence-electron chi connectivity index (χ2n) is 26.3. The van der Waals surface area contributed by atoms with Gasteiger partial charge in [-0.05, 0) is 180 Å². The van der Waals surface area contributed by atoms with Crippen LogP contribution in [0.15, 0.2) is 371 Å². The highest BCUT2D eigenvalue weighted by Gasteiger charge is 2.44. The van der Waals surface area contributed by atoms with Gasteiger partial charge in [-0.2, -0.15) is 0 Å². The zero-order valence-corrected chi connectivity index (χ0v) is 55.8. The van der Waals surface area contributed by atoms with Crippen LogP contribution >= 0.6 is 23.5 Å². The second kappa shape index (κ2) is 22.8. The summed E-state index contributed by atoms with van der Waals surface area (Å²) in [5.74, 6) is 0. The molecule has 21 rings (SSSR count). The van der Waals surface area contributed by atoms with Crippen molar-refractivity contribution in [2.75, 3.05) is 19.6 Å². The lowest BCUT2D eigenvalue weighted by Gasteiger charge is -2.36. The van der Waals surface area contributed by atoms with E-state index in [1.165, 1.54) is 107 Å². The molecule has 0 bridgehead atoms. The third-order valence-electron chi connectivity index (χ3n) is 20.9. The van der Waals surface area contributed by atoms with Crippen LogP contribution in [0.1, 0.15) is 0 Å². The zero-order valence-electron chi connectivity index (χ0n) is 54.1. The van der Waals surface area contributed by atoms with E-state index in [-0.39, 0.29) is 13.4 Å². The molecule has 17 aromatic rings. The maximum absolute atomic E-state index is 2.66. The Balaban J connectivity index is 0.828. The monoisotopic (exact) mass is 1310 g/mol. The molecule has 10 heteroatoms. The molecule has 0 saturated heterocycles. The van der Waals surface area contributed by atoms with Crippen molar-refractivity contribution < 1.29 is 0 Å². The van der Waals surface area contributed by atoms with Crippen LogP contribution in [-0.4, -0.2) is 22.6 Å². The molecular formula is C90H58B2N6S2. The summed E-state index contributed by atoms with van der Waals surface area (Å²) in [5.41, 5.74) is 28.6. The normalized spacial score (nSPS) is 12.7. The summed E-state index contributed by atoms with van der Waals surface area (Å²) in [6.07, 6.45) is 0. The average molecular weight is 1310 g/mol. The maximum atomic E-state index is 2.66. The van der Waals surface area contributed by atoms with Crippen LogP contribution in [0.25, 0.3) is 55.0 Å². The minimum absolute atomic E-state index is 0.0482. The number of nitrogens with zero attached hydrogens (tertiary/aromatic N) is 6. The van der Waals surface area contributed by atoms with Crippen molar-refractivity contribution in [3.8, 4) is 11.4 Å². The van der Waals surface area contributed by atoms with E-state index in [2.05, 4.69) is 381 Å². The van der Waals surface area contributed by atoms with Crippen LogP contribution < -0.4 is 52.4 Å². The van der Waals surface area contributed by atoms with Crippen molar-refractivity contribution >= 4 is 182 Å². The van der Waals surface area contributed by atoms with Crippen LogP contribution in [0.2, 0.25) is 0 Å². The molecule has 0 radical (unpaired) electrons. The number of aromatic nitrogens is 2. The van der Waals surface area contributed by atoms with Crippen LogP contribution in [-0.2, 0) is 0 Å². The molecule has 2 aromatic heterocycles. The number of benzene rings is 15. The molecule has 0 aliphatic carbocycles. The van der Waals surface area contributed by atoms with Crippen molar-refractivity contribution in [2.45, 2.75) is 19.6 Å². The van der Waals surface area contributed by atoms with Gasteiger partial charge in [0.25, 0.3) is 0 Å². The number of anilines is 12. The predicted octanol–water partition coefficient (Wildman–Crippen LogP) is 20.3. The molecule has 6 nitrogen and oxygen atoms in total. The molecule has 15 aromatic carbocycles. The third kappa shape index (κ3) is 8.70. The van der Waals surface area contributed by atoms with E-state index in [0.29, 0.717) is 0 Å². The quantitative estimate of drug-likeness (QED) is 0.113. The lowest BCUT2D eigenvalue weighted by Crippen LogP contribution is -2.58. The predicted molar refractivity (Wildman–Crippen MR) is 424 cm³/mol. The Morgan fingerprint density at radius 3 is 0.800 bits per heavy atom. The van der Waals surface area contributed by atoms with Crippen molar-refractivity contribution in [3.63, 3.8) is 0 Å². The third-order valence-corrected chi connectivity index (χ3v) is 23.1. The summed E-state index contributed by atoms with van der Waals surface area (Å²) >= 11 is 3.81. The first kappa shape index (κ1) is 57.0. The van der Waals surface area contributed by atoms with Gasteiger partial charge in [0.2, 0.25) is 13.4 Å². The molecular weight excluding hydrogens is 1250 g/mol. The SMILES string of the molecule is c1ccc(N(c2ccccc2)c2ccc3c(c2)Sc2cc(N(c4ccccc4)c4ccccc4)cc4c2B3c2cccc3c5c6c7cccc8c7n(c6ccc5n-4c23)-c2cc(N(c3ccccc3)c3ccccc3)cc3c2B8c2ccc(N(c4ccccc4)c4ccccc4)cc2S3)cc1. The minimum Gasteiger partial charge on any atom is -0.310 e. The van der Waals surface area contributed by atoms with E-state index in [0.717, 1.165) is 68.2 Å². The van der Waals surface area contributed by atoms with Gasteiger partial charge in [-0.1, -0.05) is 229 Å². The summed E-state index contributed by atoms with van der Waals surface area (Å²) in [4.78, 5) is 14.7. The van der Waals surface area contributed by atoms with Gasteiger partial charge >= 0.3 is 0 Å². The zero-order chi connectivity index (χ0) is 65.5. The van der Waals surface area contributed by atoms with Gasteiger partial charge in [-0.15, -0.1) is 0 Å². The summed E-state index contributed by atoms with van der Waals surface area (Å²) in [5, 5.41) is 5.04. The highest BCUT2D eigenvalue weighted by molar-refractivity contribution is 8.00. The lowest BCUT2D eigenvalue weighted by molar-refractivity contribution is 1.15. The van der Waals surface area contributed by atoms with Crippen LogP contribution in [0, 0.1) is 0 Å². The van der Waals surface area contributed by atoms with Crippen LogP contribution in [0.4, 0.5) is 68.2 Å². The first-order chi connectivity index (χ1) is 49.6. The molecule has 4 aliphatic rings. The average Bonchev–Trinajstić information content (AvgIpc) is 1.48. The second-order valence-corrected chi connectivity index (χ2v) is 28.5. The van der Waals surface area contributed by atoms with E-state index < -0.39 is 0 Å². The van der Waals surface area contributed by atoms with E-state index in [1.807, 2.05) is 23.5 Å². The fraction of sp³-hybridized carbons (Fsp3) is 0. The van der Waals surface area contributed by atoms with Gasteiger partial charge in [-0.3, -0.25) is 0 Å². The molecule has 0 unspecified atom stereocenters. The maximum Gasteiger partial charge on any atom is 0.249 e. The van der Waals surface area contributed by atoms with Crippen LogP contribution in [0.5, 0.6) is 0 Å². The number of hydrogen-bond acceptors (Lipinski definition) is 6. The number of fused-ring (bicyclic) bond motifs is 15. The molecule has 0 fully saturated rings. The first-order valence-corrected chi connectivity index (χ1v) is 35.9. The number of para-hydroxylation sites is 10. The van der Waals surface area contributed by atoms with Gasteiger partial charge < -0.3 is 28.7 Å². The van der Waals surface area contributed by atoms with Crippen LogP contribution in [0.3, 0.4) is 0 Å². The lowest BCUT2D eigenvalue weighted by atomic mass is 9.35. The Kier molecular flexibility index (Phi) is 13.0. The fourth-order valence-electron chi connectivity index (χ4n) is 16.9. The minimum atomic E-state index is -0.0482.